The van der Waals surface area contributed by atoms with Crippen LogP contribution in [0.25, 0.3) is 0 Å². The molecular weight excluding hydrogens is 523 g/mol. The summed E-state index contributed by atoms with van der Waals surface area (Å²) in [5, 5.41) is 4.52. The number of likely N-dealkylation sites (N-methyl/N-ethyl adjacent to an activating group) is 1. The Morgan fingerprint density at radius 2 is 1.47 bits per heavy atom. The van der Waals surface area contributed by atoms with Gasteiger partial charge in [-0.15, -0.1) is 0 Å². The number of nitrogens with one attached hydrogen (secondary N) is 2. The summed E-state index contributed by atoms with van der Waals surface area (Å²) in [5.41, 5.74) is -5.34. The number of carbonyl (C=O) groups is 2. The number of nitrogens with zero attached hydrogens (tertiary/aromatic N) is 1. The van der Waals surface area contributed by atoms with Crippen LogP contribution in [-0.2, 0) is 38.8 Å². The Bertz CT molecular complexity index is 1010. The summed E-state index contributed by atoms with van der Waals surface area (Å²) in [6.45, 7) is 1.97. The predicted octanol–water partition coefficient (Wildman–Crippen LogP) is 4.73. The second kappa shape index (κ2) is 14.1. The van der Waals surface area contributed by atoms with Gasteiger partial charge in [-0.1, -0.05) is 19.1 Å². The molecule has 0 radical (unpaired) electrons. The van der Waals surface area contributed by atoms with Crippen LogP contribution >= 0.6 is 0 Å². The summed E-state index contributed by atoms with van der Waals surface area (Å²) in [4.78, 5) is 25.9. The number of rotatable bonds is 10. The van der Waals surface area contributed by atoms with Crippen molar-refractivity contribution in [3.63, 3.8) is 0 Å². The average molecular weight is 554 g/mol. The number of hydrogen-bond acceptors (Lipinski definition) is 4. The Kier molecular flexibility index (Phi) is 12.2. The van der Waals surface area contributed by atoms with Crippen LogP contribution < -0.4 is 10.6 Å². The molecule has 0 aliphatic heterocycles. The molecule has 0 saturated heterocycles. The van der Waals surface area contributed by atoms with E-state index in [4.69, 9.17) is 4.74 Å². The van der Waals surface area contributed by atoms with Crippen LogP contribution in [0, 0.1) is 5.82 Å². The SMILES string of the molecule is CCCN(C)C.CNC(=O)C(COCc1cc(C(F)(F)F)cc(C(F)(F)F)c1)(NC=O)c1ccc(F)cc1. The summed E-state index contributed by atoms with van der Waals surface area (Å²) in [6.07, 6.45) is -8.65. The third kappa shape index (κ3) is 9.60. The summed E-state index contributed by atoms with van der Waals surface area (Å²) >= 11 is 0. The zero-order valence-corrected chi connectivity index (χ0v) is 21.3. The zero-order valence-electron chi connectivity index (χ0n) is 21.3. The molecule has 0 spiro atoms. The van der Waals surface area contributed by atoms with Gasteiger partial charge in [-0.3, -0.25) is 9.59 Å². The molecule has 212 valence electrons. The van der Waals surface area contributed by atoms with E-state index in [2.05, 4.69) is 36.6 Å². The minimum absolute atomic E-state index is 0.0230. The summed E-state index contributed by atoms with van der Waals surface area (Å²) in [5.74, 6) is -1.45. The third-order valence-electron chi connectivity index (χ3n) is 5.16. The molecular formula is C25H30F7N3O3. The van der Waals surface area contributed by atoms with Crippen molar-refractivity contribution in [1.29, 1.82) is 0 Å². The highest BCUT2D eigenvalue weighted by Gasteiger charge is 2.41. The molecule has 6 nitrogen and oxygen atoms in total. The smallest absolute Gasteiger partial charge is 0.373 e. The molecule has 13 heteroatoms. The second-order valence-corrected chi connectivity index (χ2v) is 8.46. The van der Waals surface area contributed by atoms with Gasteiger partial charge in [-0.05, 0) is 68.5 Å². The lowest BCUT2D eigenvalue weighted by Gasteiger charge is -2.31. The van der Waals surface area contributed by atoms with Crippen molar-refractivity contribution in [3.8, 4) is 0 Å². The van der Waals surface area contributed by atoms with E-state index in [1.807, 2.05) is 0 Å². The maximum atomic E-state index is 13.3. The van der Waals surface area contributed by atoms with Crippen molar-refractivity contribution in [2.75, 3.05) is 34.3 Å². The predicted molar refractivity (Wildman–Crippen MR) is 126 cm³/mol. The van der Waals surface area contributed by atoms with Crippen LogP contribution in [0.5, 0.6) is 0 Å². The van der Waals surface area contributed by atoms with Gasteiger partial charge in [0.1, 0.15) is 5.82 Å². The minimum atomic E-state index is -5.03. The first-order valence-electron chi connectivity index (χ1n) is 11.3. The van der Waals surface area contributed by atoms with Gasteiger partial charge in [-0.25, -0.2) is 4.39 Å². The van der Waals surface area contributed by atoms with E-state index in [0.29, 0.717) is 12.1 Å². The largest absolute Gasteiger partial charge is 0.416 e. The van der Waals surface area contributed by atoms with Crippen molar-refractivity contribution in [3.05, 3.63) is 70.5 Å². The number of benzene rings is 2. The van der Waals surface area contributed by atoms with E-state index in [9.17, 15) is 40.3 Å². The zero-order chi connectivity index (χ0) is 29.1. The maximum absolute atomic E-state index is 13.3. The molecule has 0 bridgehead atoms. The van der Waals surface area contributed by atoms with Crippen LogP contribution in [-0.4, -0.2) is 51.5 Å². The molecule has 1 unspecified atom stereocenters. The van der Waals surface area contributed by atoms with Crippen molar-refractivity contribution in [1.82, 2.24) is 15.5 Å². The first-order valence-corrected chi connectivity index (χ1v) is 11.3. The first-order chi connectivity index (χ1) is 17.6. The van der Waals surface area contributed by atoms with Crippen molar-refractivity contribution < 1.29 is 45.1 Å². The standard InChI is InChI=1S/C20H17F7N2O3.C5H13N/c1-28-17(31)18(29-11-30,13-2-4-16(21)5-3-13)10-32-9-12-6-14(19(22,23)24)8-15(7-12)20(25,26)27;1-4-5-6(2)3/h2-8,11H,9-10H2,1H3,(H,28,31)(H,29,30);4-5H2,1-3H3. The Hall–Kier alpha value is -3.19. The quantitative estimate of drug-likeness (QED) is 0.330. The molecule has 0 aliphatic carbocycles. The Morgan fingerprint density at radius 1 is 0.947 bits per heavy atom. The lowest BCUT2D eigenvalue weighted by Crippen LogP contribution is -2.56. The van der Waals surface area contributed by atoms with Gasteiger partial charge in [0.2, 0.25) is 6.41 Å². The number of halogens is 7. The van der Waals surface area contributed by atoms with E-state index in [1.165, 1.54) is 32.1 Å². The number of hydrogen-bond donors (Lipinski definition) is 2. The van der Waals surface area contributed by atoms with Crippen LogP contribution in [0.15, 0.2) is 42.5 Å². The number of carbonyl (C=O) groups excluding carboxylic acids is 2. The number of alkyl halides is 6. The molecule has 2 amide bonds. The Labute approximate surface area is 216 Å². The van der Waals surface area contributed by atoms with Gasteiger partial charge in [0.25, 0.3) is 5.91 Å². The molecule has 0 aromatic heterocycles. The molecule has 38 heavy (non-hydrogen) atoms. The van der Waals surface area contributed by atoms with E-state index in [1.54, 1.807) is 0 Å². The second-order valence-electron chi connectivity index (χ2n) is 8.46. The Balaban J connectivity index is 0.00000107. The van der Waals surface area contributed by atoms with Crippen LogP contribution in [0.2, 0.25) is 0 Å². The monoisotopic (exact) mass is 553 g/mol. The van der Waals surface area contributed by atoms with E-state index < -0.39 is 59.5 Å². The number of amides is 2. The molecule has 2 rings (SSSR count). The molecule has 0 saturated carbocycles. The minimum Gasteiger partial charge on any atom is -0.373 e. The van der Waals surface area contributed by atoms with E-state index in [0.717, 1.165) is 12.1 Å². The molecule has 2 aromatic rings. The van der Waals surface area contributed by atoms with Crippen molar-refractivity contribution >= 4 is 12.3 Å². The molecule has 2 N–H and O–H groups in total. The molecule has 2 aromatic carbocycles. The fourth-order valence-electron chi connectivity index (χ4n) is 3.39. The van der Waals surface area contributed by atoms with Crippen molar-refractivity contribution in [2.45, 2.75) is 37.8 Å². The number of ether oxygens (including phenoxy) is 1. The van der Waals surface area contributed by atoms with Gasteiger partial charge >= 0.3 is 12.4 Å². The highest BCUT2D eigenvalue weighted by molar-refractivity contribution is 5.89. The van der Waals surface area contributed by atoms with Gasteiger partial charge in [-0.2, -0.15) is 26.3 Å². The lowest BCUT2D eigenvalue weighted by atomic mass is 9.89. The summed E-state index contributed by atoms with van der Waals surface area (Å²) in [7, 11) is 5.41. The van der Waals surface area contributed by atoms with Crippen molar-refractivity contribution in [2.24, 2.45) is 0 Å². The Morgan fingerprint density at radius 3 is 1.84 bits per heavy atom. The van der Waals surface area contributed by atoms with Crippen LogP contribution in [0.3, 0.4) is 0 Å². The highest BCUT2D eigenvalue weighted by Crippen LogP contribution is 2.36. The maximum Gasteiger partial charge on any atom is 0.416 e. The summed E-state index contributed by atoms with van der Waals surface area (Å²) in [6, 6.07) is 5.31. The first kappa shape index (κ1) is 32.8. The fraction of sp³-hybridized carbons (Fsp3) is 0.440. The molecule has 0 aliphatic rings. The van der Waals surface area contributed by atoms with E-state index in [-0.39, 0.29) is 18.0 Å². The van der Waals surface area contributed by atoms with Gasteiger partial charge in [0.05, 0.1) is 24.3 Å². The normalized spacial score (nSPS) is 13.3. The van der Waals surface area contributed by atoms with Crippen LogP contribution in [0.1, 0.15) is 35.6 Å². The lowest BCUT2D eigenvalue weighted by molar-refractivity contribution is -0.143. The molecule has 0 heterocycles. The fourth-order valence-corrected chi connectivity index (χ4v) is 3.39. The van der Waals surface area contributed by atoms with Crippen LogP contribution in [0.4, 0.5) is 30.7 Å². The third-order valence-corrected chi connectivity index (χ3v) is 5.16. The van der Waals surface area contributed by atoms with Gasteiger partial charge in [0, 0.05) is 7.05 Å². The molecule has 1 atom stereocenters. The van der Waals surface area contributed by atoms with E-state index >= 15 is 0 Å². The molecule has 0 fully saturated rings. The average Bonchev–Trinajstić information content (AvgIpc) is 2.82. The van der Waals surface area contributed by atoms with Gasteiger partial charge < -0.3 is 20.3 Å². The van der Waals surface area contributed by atoms with Gasteiger partial charge in [0.15, 0.2) is 5.54 Å². The topological polar surface area (TPSA) is 70.7 Å². The highest BCUT2D eigenvalue weighted by atomic mass is 19.4. The summed E-state index contributed by atoms with van der Waals surface area (Å²) < 4.78 is 96.6.